The van der Waals surface area contributed by atoms with E-state index in [-0.39, 0.29) is 23.9 Å². The second-order valence-electron chi connectivity index (χ2n) is 6.07. The minimum Gasteiger partial charge on any atom is -0.396 e. The molecule has 0 amide bonds. The Labute approximate surface area is 108 Å². The SMILES string of the molecule is CC(C)(CO)CNC(c1ccc(F)cc1)C1CC1. The minimum atomic E-state index is -0.191. The first-order chi connectivity index (χ1) is 8.52. The van der Waals surface area contributed by atoms with Gasteiger partial charge in [-0.3, -0.25) is 0 Å². The normalized spacial score (nSPS) is 17.8. The molecule has 1 atom stereocenters. The maximum atomic E-state index is 12.9. The molecule has 1 fully saturated rings. The van der Waals surface area contributed by atoms with Crippen LogP contribution in [0, 0.1) is 17.2 Å². The lowest BCUT2D eigenvalue weighted by Gasteiger charge is -2.27. The fourth-order valence-electron chi connectivity index (χ4n) is 2.10. The zero-order valence-corrected chi connectivity index (χ0v) is 11.1. The van der Waals surface area contributed by atoms with Gasteiger partial charge in [0.1, 0.15) is 5.82 Å². The molecule has 2 rings (SSSR count). The van der Waals surface area contributed by atoms with Gasteiger partial charge in [-0.2, -0.15) is 0 Å². The van der Waals surface area contributed by atoms with Crippen molar-refractivity contribution in [3.05, 3.63) is 35.6 Å². The van der Waals surface area contributed by atoms with E-state index in [1.807, 2.05) is 26.0 Å². The van der Waals surface area contributed by atoms with Gasteiger partial charge in [-0.15, -0.1) is 0 Å². The van der Waals surface area contributed by atoms with Crippen molar-refractivity contribution in [1.29, 1.82) is 0 Å². The predicted molar refractivity (Wildman–Crippen MR) is 70.7 cm³/mol. The largest absolute Gasteiger partial charge is 0.396 e. The number of rotatable bonds is 6. The third-order valence-corrected chi connectivity index (χ3v) is 3.55. The van der Waals surface area contributed by atoms with E-state index in [1.165, 1.54) is 25.0 Å². The molecular weight excluding hydrogens is 229 g/mol. The summed E-state index contributed by atoms with van der Waals surface area (Å²) in [7, 11) is 0. The molecular formula is C15H22FNO. The Kier molecular flexibility index (Phi) is 4.03. The second kappa shape index (κ2) is 5.37. The summed E-state index contributed by atoms with van der Waals surface area (Å²) < 4.78 is 12.9. The summed E-state index contributed by atoms with van der Waals surface area (Å²) in [6, 6.07) is 7.04. The van der Waals surface area contributed by atoms with Crippen LogP contribution in [0.25, 0.3) is 0 Å². The van der Waals surface area contributed by atoms with Gasteiger partial charge in [0.25, 0.3) is 0 Å². The average Bonchev–Trinajstić information content (AvgIpc) is 3.16. The van der Waals surface area contributed by atoms with Gasteiger partial charge in [0.2, 0.25) is 0 Å². The summed E-state index contributed by atoms with van der Waals surface area (Å²) in [4.78, 5) is 0. The van der Waals surface area contributed by atoms with Gasteiger partial charge in [0, 0.05) is 24.6 Å². The number of aliphatic hydroxyl groups is 1. The molecule has 2 N–H and O–H groups in total. The van der Waals surface area contributed by atoms with Crippen LogP contribution in [-0.4, -0.2) is 18.3 Å². The van der Waals surface area contributed by atoms with Gasteiger partial charge in [-0.05, 0) is 36.5 Å². The monoisotopic (exact) mass is 251 g/mol. The lowest BCUT2D eigenvalue weighted by atomic mass is 9.93. The van der Waals surface area contributed by atoms with E-state index in [4.69, 9.17) is 0 Å². The molecule has 0 spiro atoms. The fourth-order valence-corrected chi connectivity index (χ4v) is 2.10. The molecule has 1 aliphatic rings. The Bertz CT molecular complexity index is 384. The van der Waals surface area contributed by atoms with Crippen LogP contribution in [0.15, 0.2) is 24.3 Å². The third kappa shape index (κ3) is 3.53. The van der Waals surface area contributed by atoms with Crippen molar-refractivity contribution in [2.24, 2.45) is 11.3 Å². The smallest absolute Gasteiger partial charge is 0.123 e. The molecule has 1 unspecified atom stereocenters. The fraction of sp³-hybridized carbons (Fsp3) is 0.600. The molecule has 1 aliphatic carbocycles. The van der Waals surface area contributed by atoms with Crippen LogP contribution >= 0.6 is 0 Å². The van der Waals surface area contributed by atoms with Gasteiger partial charge in [0.05, 0.1) is 0 Å². The van der Waals surface area contributed by atoms with Crippen LogP contribution in [0.4, 0.5) is 4.39 Å². The topological polar surface area (TPSA) is 32.3 Å². The first-order valence-corrected chi connectivity index (χ1v) is 6.61. The van der Waals surface area contributed by atoms with Crippen LogP contribution in [0.2, 0.25) is 0 Å². The maximum absolute atomic E-state index is 12.9. The Morgan fingerprint density at radius 1 is 1.33 bits per heavy atom. The molecule has 1 aromatic carbocycles. The molecule has 0 saturated heterocycles. The highest BCUT2D eigenvalue weighted by molar-refractivity contribution is 5.22. The first-order valence-electron chi connectivity index (χ1n) is 6.61. The average molecular weight is 251 g/mol. The number of benzene rings is 1. The standard InChI is InChI=1S/C15H22FNO/c1-15(2,10-18)9-17-14(11-3-4-11)12-5-7-13(16)8-6-12/h5-8,11,14,17-18H,3-4,9-10H2,1-2H3. The highest BCUT2D eigenvalue weighted by Crippen LogP contribution is 2.41. The lowest BCUT2D eigenvalue weighted by Crippen LogP contribution is -2.35. The molecule has 18 heavy (non-hydrogen) atoms. The highest BCUT2D eigenvalue weighted by atomic mass is 19.1. The zero-order chi connectivity index (χ0) is 13.2. The van der Waals surface area contributed by atoms with Crippen molar-refractivity contribution in [2.45, 2.75) is 32.7 Å². The molecule has 0 heterocycles. The number of halogens is 1. The van der Waals surface area contributed by atoms with Crippen molar-refractivity contribution in [3.8, 4) is 0 Å². The third-order valence-electron chi connectivity index (χ3n) is 3.55. The van der Waals surface area contributed by atoms with E-state index < -0.39 is 0 Å². The molecule has 3 heteroatoms. The van der Waals surface area contributed by atoms with Crippen molar-refractivity contribution in [1.82, 2.24) is 5.32 Å². The van der Waals surface area contributed by atoms with E-state index in [9.17, 15) is 9.50 Å². The van der Waals surface area contributed by atoms with Gasteiger partial charge < -0.3 is 10.4 Å². The first kappa shape index (κ1) is 13.5. The summed E-state index contributed by atoms with van der Waals surface area (Å²) in [6.07, 6.45) is 2.46. The summed E-state index contributed by atoms with van der Waals surface area (Å²) in [6.45, 7) is 5.01. The van der Waals surface area contributed by atoms with Crippen LogP contribution in [0.3, 0.4) is 0 Å². The molecule has 0 aliphatic heterocycles. The molecule has 1 saturated carbocycles. The molecule has 1 aromatic rings. The van der Waals surface area contributed by atoms with Crippen molar-refractivity contribution < 1.29 is 9.50 Å². The quantitative estimate of drug-likeness (QED) is 0.815. The van der Waals surface area contributed by atoms with Gasteiger partial charge in [-0.25, -0.2) is 4.39 Å². The molecule has 100 valence electrons. The molecule has 2 nitrogen and oxygen atoms in total. The highest BCUT2D eigenvalue weighted by Gasteiger charge is 2.33. The van der Waals surface area contributed by atoms with E-state index >= 15 is 0 Å². The maximum Gasteiger partial charge on any atom is 0.123 e. The van der Waals surface area contributed by atoms with Crippen LogP contribution in [0.5, 0.6) is 0 Å². The van der Waals surface area contributed by atoms with Gasteiger partial charge in [-0.1, -0.05) is 26.0 Å². The van der Waals surface area contributed by atoms with E-state index in [0.29, 0.717) is 5.92 Å². The van der Waals surface area contributed by atoms with E-state index in [0.717, 1.165) is 12.1 Å². The van der Waals surface area contributed by atoms with Gasteiger partial charge >= 0.3 is 0 Å². The summed E-state index contributed by atoms with van der Waals surface area (Å²) >= 11 is 0. The predicted octanol–water partition coefficient (Wildman–Crippen LogP) is 2.88. The zero-order valence-electron chi connectivity index (χ0n) is 11.1. The van der Waals surface area contributed by atoms with Crippen LogP contribution in [-0.2, 0) is 0 Å². The van der Waals surface area contributed by atoms with E-state index in [1.54, 1.807) is 0 Å². The Hall–Kier alpha value is -0.930. The Balaban J connectivity index is 2.02. The Morgan fingerprint density at radius 3 is 2.44 bits per heavy atom. The summed E-state index contributed by atoms with van der Waals surface area (Å²) in [5.74, 6) is 0.467. The Morgan fingerprint density at radius 2 is 1.94 bits per heavy atom. The van der Waals surface area contributed by atoms with E-state index in [2.05, 4.69) is 5.32 Å². The van der Waals surface area contributed by atoms with Crippen LogP contribution in [0.1, 0.15) is 38.3 Å². The van der Waals surface area contributed by atoms with Crippen molar-refractivity contribution in [2.75, 3.05) is 13.2 Å². The second-order valence-corrected chi connectivity index (χ2v) is 6.07. The molecule has 0 bridgehead atoms. The minimum absolute atomic E-state index is 0.118. The summed E-state index contributed by atoms with van der Waals surface area (Å²) in [5.41, 5.74) is 1.03. The lowest BCUT2D eigenvalue weighted by molar-refractivity contribution is 0.151. The van der Waals surface area contributed by atoms with Crippen molar-refractivity contribution >= 4 is 0 Å². The number of hydrogen-bond acceptors (Lipinski definition) is 2. The molecule has 0 radical (unpaired) electrons. The number of aliphatic hydroxyl groups excluding tert-OH is 1. The molecule has 0 aromatic heterocycles. The number of hydrogen-bond donors (Lipinski definition) is 2. The van der Waals surface area contributed by atoms with Crippen molar-refractivity contribution in [3.63, 3.8) is 0 Å². The summed E-state index contributed by atoms with van der Waals surface area (Å²) in [5, 5.41) is 12.8. The van der Waals surface area contributed by atoms with Crippen LogP contribution < -0.4 is 5.32 Å². The van der Waals surface area contributed by atoms with Gasteiger partial charge in [0.15, 0.2) is 0 Å². The number of nitrogens with one attached hydrogen (secondary N) is 1.